The van der Waals surface area contributed by atoms with E-state index in [1.165, 1.54) is 0 Å². The highest BCUT2D eigenvalue weighted by Crippen LogP contribution is 2.19. The summed E-state index contributed by atoms with van der Waals surface area (Å²) in [5.41, 5.74) is 1.01. The third-order valence-corrected chi connectivity index (χ3v) is 2.60. The Labute approximate surface area is 103 Å². The summed E-state index contributed by atoms with van der Waals surface area (Å²) in [5, 5.41) is 12.3. The maximum atomic E-state index is 11.2. The molecule has 3 heteroatoms. The molecule has 3 nitrogen and oxygen atoms in total. The largest absolute Gasteiger partial charge is 0.480 e. The fourth-order valence-corrected chi connectivity index (χ4v) is 1.58. The van der Waals surface area contributed by atoms with E-state index in [2.05, 4.69) is 26.1 Å². The van der Waals surface area contributed by atoms with E-state index in [4.69, 9.17) is 0 Å². The van der Waals surface area contributed by atoms with Crippen molar-refractivity contribution in [2.75, 3.05) is 6.54 Å². The van der Waals surface area contributed by atoms with Crippen LogP contribution in [0.5, 0.6) is 0 Å². The molecule has 0 unspecified atom stereocenters. The molecular formula is C14H21NO2. The number of carboxylic acid groups (broad SMARTS) is 1. The van der Waals surface area contributed by atoms with Crippen LogP contribution in [0.4, 0.5) is 0 Å². The minimum atomic E-state index is -0.829. The number of rotatable bonds is 5. The molecular weight excluding hydrogens is 214 g/mol. The molecule has 0 spiro atoms. The van der Waals surface area contributed by atoms with Crippen molar-refractivity contribution < 1.29 is 9.90 Å². The van der Waals surface area contributed by atoms with Gasteiger partial charge < -0.3 is 10.4 Å². The van der Waals surface area contributed by atoms with Gasteiger partial charge in [0.05, 0.1) is 0 Å². The summed E-state index contributed by atoms with van der Waals surface area (Å²) in [6.45, 7) is 7.14. The van der Waals surface area contributed by atoms with E-state index in [1.54, 1.807) is 0 Å². The summed E-state index contributed by atoms with van der Waals surface area (Å²) in [6, 6.07) is 8.66. The predicted octanol–water partition coefficient (Wildman–Crippen LogP) is 2.84. The van der Waals surface area contributed by atoms with Crippen LogP contribution in [-0.2, 0) is 4.79 Å². The van der Waals surface area contributed by atoms with Gasteiger partial charge in [-0.15, -0.1) is 0 Å². The highest BCUT2D eigenvalue weighted by Gasteiger charge is 2.19. The SMILES string of the molecule is CC(C)(C)CCN[C@H](C(=O)O)c1ccccc1. The van der Waals surface area contributed by atoms with Gasteiger partial charge in [-0.3, -0.25) is 4.79 Å². The molecule has 1 aromatic carbocycles. The molecule has 0 saturated carbocycles. The Balaban J connectivity index is 2.60. The smallest absolute Gasteiger partial charge is 0.325 e. The maximum absolute atomic E-state index is 11.2. The monoisotopic (exact) mass is 235 g/mol. The van der Waals surface area contributed by atoms with Gasteiger partial charge in [-0.25, -0.2) is 0 Å². The van der Waals surface area contributed by atoms with Crippen molar-refractivity contribution in [3.05, 3.63) is 35.9 Å². The van der Waals surface area contributed by atoms with Crippen LogP contribution in [0.2, 0.25) is 0 Å². The predicted molar refractivity (Wildman–Crippen MR) is 68.9 cm³/mol. The van der Waals surface area contributed by atoms with Gasteiger partial charge in [0.25, 0.3) is 0 Å². The molecule has 17 heavy (non-hydrogen) atoms. The lowest BCUT2D eigenvalue weighted by Crippen LogP contribution is -2.30. The zero-order chi connectivity index (χ0) is 12.9. The zero-order valence-electron chi connectivity index (χ0n) is 10.7. The lowest BCUT2D eigenvalue weighted by molar-refractivity contribution is -0.139. The number of hydrogen-bond acceptors (Lipinski definition) is 2. The van der Waals surface area contributed by atoms with Gasteiger partial charge in [-0.2, -0.15) is 0 Å². The average molecular weight is 235 g/mol. The Morgan fingerprint density at radius 1 is 1.29 bits per heavy atom. The third kappa shape index (κ3) is 5.00. The summed E-state index contributed by atoms with van der Waals surface area (Å²) in [5.74, 6) is -0.829. The summed E-state index contributed by atoms with van der Waals surface area (Å²) >= 11 is 0. The molecule has 0 aliphatic rings. The van der Waals surface area contributed by atoms with Gasteiger partial charge in [0.2, 0.25) is 0 Å². The molecule has 0 bridgehead atoms. The molecule has 0 aliphatic heterocycles. The Kier molecular flexibility index (Phi) is 4.70. The topological polar surface area (TPSA) is 49.3 Å². The fourth-order valence-electron chi connectivity index (χ4n) is 1.58. The summed E-state index contributed by atoms with van der Waals surface area (Å²) in [4.78, 5) is 11.2. The molecule has 2 N–H and O–H groups in total. The van der Waals surface area contributed by atoms with E-state index in [0.717, 1.165) is 12.0 Å². The molecule has 0 aromatic heterocycles. The van der Waals surface area contributed by atoms with Gasteiger partial charge in [-0.05, 0) is 23.9 Å². The first-order valence-electron chi connectivity index (χ1n) is 5.91. The first-order chi connectivity index (χ1) is 7.90. The fraction of sp³-hybridized carbons (Fsp3) is 0.500. The molecule has 0 amide bonds. The first-order valence-corrected chi connectivity index (χ1v) is 5.91. The zero-order valence-corrected chi connectivity index (χ0v) is 10.7. The standard InChI is InChI=1S/C14H21NO2/c1-14(2,3)9-10-15-12(13(16)17)11-7-5-4-6-8-11/h4-8,12,15H,9-10H2,1-3H3,(H,16,17)/t12-/m0/s1. The van der Waals surface area contributed by atoms with Crippen molar-refractivity contribution >= 4 is 5.97 Å². The quantitative estimate of drug-likeness (QED) is 0.825. The number of aliphatic carboxylic acids is 1. The summed E-state index contributed by atoms with van der Waals surface area (Å²) in [6.07, 6.45) is 0.948. The van der Waals surface area contributed by atoms with Crippen molar-refractivity contribution in [2.45, 2.75) is 33.2 Å². The summed E-state index contributed by atoms with van der Waals surface area (Å²) < 4.78 is 0. The minimum absolute atomic E-state index is 0.215. The Morgan fingerprint density at radius 2 is 1.88 bits per heavy atom. The maximum Gasteiger partial charge on any atom is 0.325 e. The van der Waals surface area contributed by atoms with E-state index in [-0.39, 0.29) is 5.41 Å². The van der Waals surface area contributed by atoms with Crippen LogP contribution in [0.15, 0.2) is 30.3 Å². The molecule has 0 saturated heterocycles. The molecule has 1 atom stereocenters. The normalized spacial score (nSPS) is 13.4. The molecule has 0 heterocycles. The second kappa shape index (κ2) is 5.82. The first kappa shape index (κ1) is 13.7. The van der Waals surface area contributed by atoms with Gasteiger partial charge in [0.15, 0.2) is 0 Å². The van der Waals surface area contributed by atoms with Crippen LogP contribution in [0.25, 0.3) is 0 Å². The average Bonchev–Trinajstić information content (AvgIpc) is 2.23. The highest BCUT2D eigenvalue weighted by atomic mass is 16.4. The van der Waals surface area contributed by atoms with Crippen LogP contribution >= 0.6 is 0 Å². The van der Waals surface area contributed by atoms with Crippen molar-refractivity contribution in [1.29, 1.82) is 0 Å². The molecule has 94 valence electrons. The van der Waals surface area contributed by atoms with Crippen LogP contribution < -0.4 is 5.32 Å². The van der Waals surface area contributed by atoms with E-state index in [9.17, 15) is 9.90 Å². The van der Waals surface area contributed by atoms with Crippen LogP contribution in [0, 0.1) is 5.41 Å². The number of benzene rings is 1. The number of hydrogen-bond donors (Lipinski definition) is 2. The molecule has 1 aromatic rings. The Bertz CT molecular complexity index is 354. The highest BCUT2D eigenvalue weighted by molar-refractivity contribution is 5.75. The molecule has 0 fully saturated rings. The van der Waals surface area contributed by atoms with Gasteiger partial charge in [0.1, 0.15) is 6.04 Å². The van der Waals surface area contributed by atoms with Crippen LogP contribution in [-0.4, -0.2) is 17.6 Å². The second-order valence-electron chi connectivity index (χ2n) is 5.45. The molecule has 0 aliphatic carbocycles. The minimum Gasteiger partial charge on any atom is -0.480 e. The second-order valence-corrected chi connectivity index (χ2v) is 5.45. The van der Waals surface area contributed by atoms with Gasteiger partial charge in [-0.1, -0.05) is 51.1 Å². The van der Waals surface area contributed by atoms with Gasteiger partial charge >= 0.3 is 5.97 Å². The van der Waals surface area contributed by atoms with Crippen molar-refractivity contribution in [2.24, 2.45) is 5.41 Å². The van der Waals surface area contributed by atoms with Crippen LogP contribution in [0.1, 0.15) is 38.8 Å². The summed E-state index contributed by atoms with van der Waals surface area (Å²) in [7, 11) is 0. The van der Waals surface area contributed by atoms with Crippen molar-refractivity contribution in [3.8, 4) is 0 Å². The molecule has 0 radical (unpaired) electrons. The van der Waals surface area contributed by atoms with Crippen LogP contribution in [0.3, 0.4) is 0 Å². The van der Waals surface area contributed by atoms with Crippen molar-refractivity contribution in [1.82, 2.24) is 5.32 Å². The number of carbonyl (C=O) groups is 1. The number of carboxylic acids is 1. The number of nitrogens with one attached hydrogen (secondary N) is 1. The molecule has 1 rings (SSSR count). The van der Waals surface area contributed by atoms with E-state index in [0.29, 0.717) is 6.54 Å². The van der Waals surface area contributed by atoms with E-state index >= 15 is 0 Å². The lowest BCUT2D eigenvalue weighted by atomic mass is 9.92. The Hall–Kier alpha value is -1.35. The third-order valence-electron chi connectivity index (χ3n) is 2.60. The van der Waals surface area contributed by atoms with Crippen molar-refractivity contribution in [3.63, 3.8) is 0 Å². The lowest BCUT2D eigenvalue weighted by Gasteiger charge is -2.21. The van der Waals surface area contributed by atoms with E-state index in [1.807, 2.05) is 30.3 Å². The Morgan fingerprint density at radius 3 is 2.35 bits per heavy atom. The van der Waals surface area contributed by atoms with E-state index < -0.39 is 12.0 Å². The van der Waals surface area contributed by atoms with Gasteiger partial charge in [0, 0.05) is 0 Å².